The summed E-state index contributed by atoms with van der Waals surface area (Å²) in [4.78, 5) is 12.5. The summed E-state index contributed by atoms with van der Waals surface area (Å²) in [5, 5.41) is 3.05. The average Bonchev–Trinajstić information content (AvgIpc) is 3.08. The fraction of sp³-hybridized carbons (Fsp3) is 0.500. The molecule has 1 amide bonds. The number of benzene rings is 1. The quantitative estimate of drug-likeness (QED) is 0.782. The Balaban J connectivity index is 1.61. The molecule has 1 aliphatic carbocycles. The number of hydrogen-bond donors (Lipinski definition) is 1. The van der Waals surface area contributed by atoms with E-state index in [1.54, 1.807) is 12.1 Å². The molecule has 0 bridgehead atoms. The molecule has 28 heavy (non-hydrogen) atoms. The Bertz CT molecular complexity index is 914. The van der Waals surface area contributed by atoms with Crippen LogP contribution in [0.3, 0.4) is 0 Å². The minimum atomic E-state index is -3.38. The number of hydrogen-bond acceptors (Lipinski definition) is 4. The number of amides is 1. The summed E-state index contributed by atoms with van der Waals surface area (Å²) in [6.45, 7) is 6.34. The monoisotopic (exact) mass is 403 g/mol. The second-order valence-corrected chi connectivity index (χ2v) is 10.2. The molecule has 0 aliphatic heterocycles. The maximum Gasteiger partial charge on any atom is 0.287 e. The van der Waals surface area contributed by atoms with Gasteiger partial charge in [0, 0.05) is 6.04 Å². The average molecular weight is 404 g/mol. The van der Waals surface area contributed by atoms with Crippen LogP contribution in [-0.2, 0) is 21.3 Å². The van der Waals surface area contributed by atoms with Crippen LogP contribution >= 0.6 is 0 Å². The Labute approximate surface area is 167 Å². The summed E-state index contributed by atoms with van der Waals surface area (Å²) >= 11 is 0. The molecule has 1 aromatic heterocycles. The van der Waals surface area contributed by atoms with E-state index < -0.39 is 9.84 Å². The van der Waals surface area contributed by atoms with Gasteiger partial charge in [-0.3, -0.25) is 4.79 Å². The third-order valence-electron chi connectivity index (χ3n) is 5.78. The number of nitrogens with one attached hydrogen (secondary N) is 1. The van der Waals surface area contributed by atoms with Crippen LogP contribution in [0.25, 0.3) is 0 Å². The molecule has 5 nitrogen and oxygen atoms in total. The van der Waals surface area contributed by atoms with E-state index in [0.29, 0.717) is 17.6 Å². The van der Waals surface area contributed by atoms with Gasteiger partial charge in [0.2, 0.25) is 0 Å². The van der Waals surface area contributed by atoms with E-state index in [2.05, 4.69) is 19.2 Å². The zero-order valence-electron chi connectivity index (χ0n) is 16.8. The van der Waals surface area contributed by atoms with Crippen LogP contribution in [0.1, 0.15) is 60.6 Å². The van der Waals surface area contributed by atoms with E-state index in [1.165, 1.54) is 6.42 Å². The number of carbonyl (C=O) groups excluding carboxylic acids is 1. The first-order valence-corrected chi connectivity index (χ1v) is 11.7. The normalized spacial score (nSPS) is 22.8. The van der Waals surface area contributed by atoms with Crippen molar-refractivity contribution in [2.75, 3.05) is 0 Å². The predicted octanol–water partition coefficient (Wildman–Crippen LogP) is 4.26. The van der Waals surface area contributed by atoms with Gasteiger partial charge in [-0.05, 0) is 42.9 Å². The van der Waals surface area contributed by atoms with Gasteiger partial charge >= 0.3 is 0 Å². The first-order valence-electron chi connectivity index (χ1n) is 9.89. The van der Waals surface area contributed by atoms with Gasteiger partial charge in [-0.2, -0.15) is 0 Å². The molecule has 0 saturated heterocycles. The van der Waals surface area contributed by atoms with Crippen molar-refractivity contribution in [1.82, 2.24) is 5.32 Å². The van der Waals surface area contributed by atoms with E-state index in [0.717, 1.165) is 24.0 Å². The molecule has 152 valence electrons. The molecule has 1 aliphatic rings. The summed E-state index contributed by atoms with van der Waals surface area (Å²) in [5.41, 5.74) is 1.83. The molecule has 1 aromatic carbocycles. The highest BCUT2D eigenvalue weighted by Crippen LogP contribution is 2.29. The third-order valence-corrected chi connectivity index (χ3v) is 7.28. The summed E-state index contributed by atoms with van der Waals surface area (Å²) in [6, 6.07) is 10.7. The Hall–Kier alpha value is -2.08. The van der Waals surface area contributed by atoms with Gasteiger partial charge in [-0.15, -0.1) is 0 Å². The van der Waals surface area contributed by atoms with E-state index in [4.69, 9.17) is 4.42 Å². The Morgan fingerprint density at radius 1 is 1.07 bits per heavy atom. The zero-order valence-corrected chi connectivity index (χ0v) is 17.6. The molecule has 1 N–H and O–H groups in total. The molecule has 3 atom stereocenters. The van der Waals surface area contributed by atoms with Crippen molar-refractivity contribution in [1.29, 1.82) is 0 Å². The third kappa shape index (κ3) is 5.25. The van der Waals surface area contributed by atoms with Crippen LogP contribution in [0.2, 0.25) is 0 Å². The van der Waals surface area contributed by atoms with Gasteiger partial charge in [0.15, 0.2) is 15.6 Å². The minimum Gasteiger partial charge on any atom is -0.455 e. The predicted molar refractivity (Wildman–Crippen MR) is 110 cm³/mol. The second-order valence-electron chi connectivity index (χ2n) is 8.13. The lowest BCUT2D eigenvalue weighted by Gasteiger charge is -2.34. The standard InChI is InChI=1S/C22H29NO4S/c1-15-7-9-18(10-8-15)13-28(25,26)14-19-11-12-21(27-19)22(24)23-20-6-4-5-16(2)17(20)3/h7-12,16-17,20H,4-6,13-14H2,1-3H3,(H,23,24)/t16-,17+,20+/m0/s1. The Morgan fingerprint density at radius 3 is 2.50 bits per heavy atom. The Morgan fingerprint density at radius 2 is 1.79 bits per heavy atom. The van der Waals surface area contributed by atoms with Crippen LogP contribution in [0.4, 0.5) is 0 Å². The van der Waals surface area contributed by atoms with E-state index >= 15 is 0 Å². The fourth-order valence-corrected chi connectivity index (χ4v) is 5.20. The van der Waals surface area contributed by atoms with Gasteiger partial charge < -0.3 is 9.73 Å². The lowest BCUT2D eigenvalue weighted by Crippen LogP contribution is -2.43. The van der Waals surface area contributed by atoms with Crippen molar-refractivity contribution >= 4 is 15.7 Å². The number of carbonyl (C=O) groups is 1. The lowest BCUT2D eigenvalue weighted by molar-refractivity contribution is 0.0861. The van der Waals surface area contributed by atoms with Gasteiger partial charge in [-0.1, -0.05) is 56.5 Å². The summed E-state index contributed by atoms with van der Waals surface area (Å²) < 4.78 is 30.5. The van der Waals surface area contributed by atoms with Crippen LogP contribution in [0, 0.1) is 18.8 Å². The molecule has 1 fully saturated rings. The van der Waals surface area contributed by atoms with E-state index in [1.807, 2.05) is 31.2 Å². The minimum absolute atomic E-state index is 0.0486. The highest BCUT2D eigenvalue weighted by molar-refractivity contribution is 7.89. The molecule has 2 aromatic rings. The van der Waals surface area contributed by atoms with Crippen LogP contribution in [0.5, 0.6) is 0 Å². The molecule has 1 saturated carbocycles. The molecular weight excluding hydrogens is 374 g/mol. The fourth-order valence-electron chi connectivity index (χ4n) is 3.81. The molecule has 6 heteroatoms. The Kier molecular flexibility index (Phi) is 6.28. The summed E-state index contributed by atoms with van der Waals surface area (Å²) in [6.07, 6.45) is 3.27. The maximum absolute atomic E-state index is 12.5. The van der Waals surface area contributed by atoms with Gasteiger partial charge in [0.05, 0.1) is 5.75 Å². The highest BCUT2D eigenvalue weighted by atomic mass is 32.2. The number of aryl methyl sites for hydroxylation is 1. The van der Waals surface area contributed by atoms with Crippen molar-refractivity contribution in [2.24, 2.45) is 11.8 Å². The van der Waals surface area contributed by atoms with Crippen molar-refractivity contribution in [2.45, 2.75) is 57.6 Å². The molecule has 1 heterocycles. The summed E-state index contributed by atoms with van der Waals surface area (Å²) in [7, 11) is -3.38. The molecule has 3 rings (SSSR count). The van der Waals surface area contributed by atoms with Gasteiger partial charge in [0.25, 0.3) is 5.91 Å². The lowest BCUT2D eigenvalue weighted by atomic mass is 9.78. The number of furan rings is 1. The van der Waals surface area contributed by atoms with Crippen molar-refractivity contribution in [3.63, 3.8) is 0 Å². The van der Waals surface area contributed by atoms with Crippen molar-refractivity contribution in [3.05, 3.63) is 59.0 Å². The van der Waals surface area contributed by atoms with Crippen LogP contribution in [-0.4, -0.2) is 20.4 Å². The van der Waals surface area contributed by atoms with Crippen LogP contribution in [0.15, 0.2) is 40.8 Å². The summed E-state index contributed by atoms with van der Waals surface area (Å²) in [5.74, 6) is 0.930. The molecule has 0 spiro atoms. The van der Waals surface area contributed by atoms with Gasteiger partial charge in [0.1, 0.15) is 11.5 Å². The highest BCUT2D eigenvalue weighted by Gasteiger charge is 2.29. The second kappa shape index (κ2) is 8.52. The van der Waals surface area contributed by atoms with Crippen molar-refractivity contribution < 1.29 is 17.6 Å². The maximum atomic E-state index is 12.5. The van der Waals surface area contributed by atoms with E-state index in [-0.39, 0.29) is 29.2 Å². The smallest absolute Gasteiger partial charge is 0.287 e. The van der Waals surface area contributed by atoms with E-state index in [9.17, 15) is 13.2 Å². The topological polar surface area (TPSA) is 76.4 Å². The number of sulfone groups is 1. The zero-order chi connectivity index (χ0) is 20.3. The largest absolute Gasteiger partial charge is 0.455 e. The van der Waals surface area contributed by atoms with Crippen LogP contribution < -0.4 is 5.32 Å². The molecule has 0 unspecified atom stereocenters. The van der Waals surface area contributed by atoms with Gasteiger partial charge in [-0.25, -0.2) is 8.42 Å². The number of rotatable bonds is 6. The first-order chi connectivity index (χ1) is 13.2. The first kappa shape index (κ1) is 20.6. The molecule has 0 radical (unpaired) electrons. The molecular formula is C22H29NO4S. The van der Waals surface area contributed by atoms with Crippen molar-refractivity contribution in [3.8, 4) is 0 Å². The SMILES string of the molecule is Cc1ccc(CS(=O)(=O)Cc2ccc(C(=O)N[C@@H]3CCC[C@H](C)[C@H]3C)o2)cc1.